The highest BCUT2D eigenvalue weighted by Gasteiger charge is 2.43. The van der Waals surface area contributed by atoms with Crippen LogP contribution in [-0.2, 0) is 19.1 Å². The van der Waals surface area contributed by atoms with Gasteiger partial charge in [-0.3, -0.25) is 9.79 Å². The Morgan fingerprint density at radius 3 is 2.40 bits per heavy atom. The van der Waals surface area contributed by atoms with Gasteiger partial charge in [-0.25, -0.2) is 14.6 Å². The molecule has 0 aliphatic carbocycles. The number of hydrogen-bond acceptors (Lipinski definition) is 10. The number of aliphatic imine (C=N–C) groups is 1. The lowest BCUT2D eigenvalue weighted by atomic mass is 10.0. The fourth-order valence-corrected chi connectivity index (χ4v) is 6.63. The second-order valence-electron chi connectivity index (χ2n) is 13.6. The van der Waals surface area contributed by atoms with Gasteiger partial charge in [-0.05, 0) is 51.5 Å². The van der Waals surface area contributed by atoms with Crippen molar-refractivity contribution in [2.24, 2.45) is 10.9 Å². The van der Waals surface area contributed by atoms with Crippen molar-refractivity contribution in [3.63, 3.8) is 0 Å². The second-order valence-corrected chi connectivity index (χ2v) is 14.4. The lowest BCUT2D eigenvalue weighted by Gasteiger charge is -2.32. The molecular formula is C38H50N4O7S. The summed E-state index contributed by atoms with van der Waals surface area (Å²) in [5.41, 5.74) is 1.63. The third-order valence-electron chi connectivity index (χ3n) is 8.31. The molecule has 12 heteroatoms. The van der Waals surface area contributed by atoms with E-state index in [1.165, 1.54) is 18.9 Å². The normalized spacial score (nSPS) is 17.7. The number of benzene rings is 2. The van der Waals surface area contributed by atoms with E-state index in [9.17, 15) is 14.4 Å². The van der Waals surface area contributed by atoms with Gasteiger partial charge in [0.15, 0.2) is 0 Å². The van der Waals surface area contributed by atoms with E-state index in [4.69, 9.17) is 28.9 Å². The molecule has 0 radical (unpaired) electrons. The number of likely N-dealkylation sites (tertiary alicyclic amines) is 1. The van der Waals surface area contributed by atoms with Gasteiger partial charge >= 0.3 is 12.1 Å². The molecule has 1 aliphatic heterocycles. The fraction of sp³-hybridized carbons (Fsp3) is 0.500. The summed E-state index contributed by atoms with van der Waals surface area (Å²) < 4.78 is 22.9. The summed E-state index contributed by atoms with van der Waals surface area (Å²) in [6, 6.07) is 15.3. The van der Waals surface area contributed by atoms with Crippen LogP contribution in [0.2, 0.25) is 0 Å². The SMILES string of the molecule is CCC[C@H](N=C(SC)[C@@H]1C[C@@H](Oc2cc(-c3ccccc3)nc3cc(OC)ccc23)CN1C(=O)C(NC(=O)OC(C)(C)C)C(C)C)C(=O)OC. The van der Waals surface area contributed by atoms with Crippen LogP contribution >= 0.6 is 11.8 Å². The highest BCUT2D eigenvalue weighted by atomic mass is 32.2. The summed E-state index contributed by atoms with van der Waals surface area (Å²) in [5.74, 6) is 0.316. The maximum Gasteiger partial charge on any atom is 0.408 e. The predicted molar refractivity (Wildman–Crippen MR) is 198 cm³/mol. The summed E-state index contributed by atoms with van der Waals surface area (Å²) in [4.78, 5) is 51.6. The van der Waals surface area contributed by atoms with Crippen LogP contribution in [0.3, 0.4) is 0 Å². The molecule has 50 heavy (non-hydrogen) atoms. The average Bonchev–Trinajstić information content (AvgIpc) is 3.50. The average molecular weight is 707 g/mol. The molecule has 1 aliphatic rings. The first-order valence-corrected chi connectivity index (χ1v) is 18.2. The third kappa shape index (κ3) is 9.68. The number of thioether (sulfide) groups is 1. The maximum atomic E-state index is 14.5. The van der Waals surface area contributed by atoms with E-state index in [0.717, 1.165) is 23.1 Å². The van der Waals surface area contributed by atoms with Crippen LogP contribution in [0, 0.1) is 5.92 Å². The topological polar surface area (TPSA) is 129 Å². The molecule has 3 aromatic rings. The zero-order valence-electron chi connectivity index (χ0n) is 30.5. The number of rotatable bonds is 12. The Morgan fingerprint density at radius 2 is 1.80 bits per heavy atom. The number of pyridine rings is 1. The van der Waals surface area contributed by atoms with Crippen LogP contribution in [0.25, 0.3) is 22.2 Å². The molecule has 4 atom stereocenters. The summed E-state index contributed by atoms with van der Waals surface area (Å²) >= 11 is 1.38. The molecule has 11 nitrogen and oxygen atoms in total. The summed E-state index contributed by atoms with van der Waals surface area (Å²) in [7, 11) is 2.96. The first kappa shape index (κ1) is 38.5. The van der Waals surface area contributed by atoms with Gasteiger partial charge in [0.25, 0.3) is 0 Å². The zero-order valence-corrected chi connectivity index (χ0v) is 31.3. The number of esters is 1. The minimum absolute atomic E-state index is 0.222. The Balaban J connectivity index is 1.76. The molecule has 1 saturated heterocycles. The van der Waals surface area contributed by atoms with Gasteiger partial charge in [0.05, 0.1) is 43.1 Å². The van der Waals surface area contributed by atoms with E-state index in [2.05, 4.69) is 5.32 Å². The fourth-order valence-electron chi connectivity index (χ4n) is 5.90. The first-order valence-electron chi connectivity index (χ1n) is 17.0. The van der Waals surface area contributed by atoms with Crippen LogP contribution in [0.1, 0.15) is 60.8 Å². The molecule has 0 bridgehead atoms. The largest absolute Gasteiger partial charge is 0.497 e. The highest BCUT2D eigenvalue weighted by molar-refractivity contribution is 8.13. The van der Waals surface area contributed by atoms with E-state index < -0.39 is 41.9 Å². The first-order chi connectivity index (χ1) is 23.8. The van der Waals surface area contributed by atoms with Crippen molar-refractivity contribution in [1.82, 2.24) is 15.2 Å². The molecule has 270 valence electrons. The molecule has 1 unspecified atom stereocenters. The minimum atomic E-state index is -0.875. The number of amides is 2. The van der Waals surface area contributed by atoms with Crippen LogP contribution in [0.15, 0.2) is 59.6 Å². The Kier molecular flexibility index (Phi) is 13.1. The van der Waals surface area contributed by atoms with Gasteiger partial charge in [-0.1, -0.05) is 57.5 Å². The monoisotopic (exact) mass is 706 g/mol. The van der Waals surface area contributed by atoms with Gasteiger partial charge in [0.1, 0.15) is 35.3 Å². The molecule has 2 aromatic carbocycles. The minimum Gasteiger partial charge on any atom is -0.497 e. The van der Waals surface area contributed by atoms with Gasteiger partial charge in [-0.2, -0.15) is 0 Å². The zero-order chi connectivity index (χ0) is 36.6. The van der Waals surface area contributed by atoms with Crippen LogP contribution < -0.4 is 14.8 Å². The Morgan fingerprint density at radius 1 is 1.08 bits per heavy atom. The van der Waals surface area contributed by atoms with Gasteiger partial charge < -0.3 is 29.2 Å². The van der Waals surface area contributed by atoms with E-state index in [1.54, 1.807) is 32.8 Å². The molecule has 2 heterocycles. The number of aromatic nitrogens is 1. The number of nitrogens with one attached hydrogen (secondary N) is 1. The number of alkyl carbamates (subject to hydrolysis) is 1. The van der Waals surface area contributed by atoms with E-state index in [-0.39, 0.29) is 18.4 Å². The van der Waals surface area contributed by atoms with Crippen molar-refractivity contribution in [2.45, 2.75) is 90.6 Å². The number of carbonyl (C=O) groups is 3. The van der Waals surface area contributed by atoms with Gasteiger partial charge in [0.2, 0.25) is 5.91 Å². The van der Waals surface area contributed by atoms with E-state index >= 15 is 0 Å². The summed E-state index contributed by atoms with van der Waals surface area (Å²) in [5, 5.41) is 4.22. The Labute approximate surface area is 299 Å². The molecular weight excluding hydrogens is 657 g/mol. The highest BCUT2D eigenvalue weighted by Crippen LogP contribution is 2.35. The molecule has 1 N–H and O–H groups in total. The van der Waals surface area contributed by atoms with Crippen molar-refractivity contribution in [1.29, 1.82) is 0 Å². The van der Waals surface area contributed by atoms with Crippen LogP contribution in [0.4, 0.5) is 4.79 Å². The van der Waals surface area contributed by atoms with E-state index in [0.29, 0.717) is 34.9 Å². The van der Waals surface area contributed by atoms with Crippen molar-refractivity contribution in [3.8, 4) is 22.8 Å². The molecule has 2 amide bonds. The van der Waals surface area contributed by atoms with Crippen molar-refractivity contribution in [3.05, 3.63) is 54.6 Å². The Bertz CT molecular complexity index is 1670. The lowest BCUT2D eigenvalue weighted by Crippen LogP contribution is -2.54. The van der Waals surface area contributed by atoms with Crippen molar-refractivity contribution in [2.75, 3.05) is 27.0 Å². The molecule has 0 spiro atoms. The van der Waals surface area contributed by atoms with Gasteiger partial charge in [-0.15, -0.1) is 11.8 Å². The number of fused-ring (bicyclic) bond motifs is 1. The number of hydrogen-bond donors (Lipinski definition) is 1. The molecule has 1 aromatic heterocycles. The number of carbonyl (C=O) groups excluding carboxylic acids is 3. The lowest BCUT2D eigenvalue weighted by molar-refractivity contribution is -0.142. The quantitative estimate of drug-likeness (QED) is 0.121. The molecule has 4 rings (SSSR count). The van der Waals surface area contributed by atoms with Crippen LogP contribution in [-0.4, -0.2) is 89.7 Å². The number of nitrogens with zero attached hydrogens (tertiary/aromatic N) is 3. The number of methoxy groups -OCH3 is 2. The van der Waals surface area contributed by atoms with E-state index in [1.807, 2.05) is 81.6 Å². The van der Waals surface area contributed by atoms with Gasteiger partial charge in [0, 0.05) is 29.5 Å². The smallest absolute Gasteiger partial charge is 0.408 e. The van der Waals surface area contributed by atoms with Crippen molar-refractivity contribution >= 4 is 45.7 Å². The second kappa shape index (κ2) is 17.1. The summed E-state index contributed by atoms with van der Waals surface area (Å²) in [6.07, 6.45) is 2.39. The van der Waals surface area contributed by atoms with Crippen molar-refractivity contribution < 1.29 is 33.3 Å². The molecule has 1 fully saturated rings. The number of ether oxygens (including phenoxy) is 4. The maximum absolute atomic E-state index is 14.5. The third-order valence-corrected chi connectivity index (χ3v) is 9.10. The standard InChI is InChI=1S/C38H50N4O7S/c1-10-14-28(36(44)47-8)40-34(50-9)31-20-26(22-42(31)35(43)33(23(2)3)41-37(45)49-38(4,5)6)48-32-21-29(24-15-12-11-13-16-24)39-30-19-25(46-7)17-18-27(30)32/h11-13,15-19,21,23,26,28,31,33H,10,14,20,22H2,1-9H3,(H,41,45)/t26-,28+,31+,33?/m1/s1. The predicted octanol–water partition coefficient (Wildman–Crippen LogP) is 6.91. The Hall–Kier alpha value is -4.32. The van der Waals surface area contributed by atoms with Crippen LogP contribution in [0.5, 0.6) is 11.5 Å². The summed E-state index contributed by atoms with van der Waals surface area (Å²) in [6.45, 7) is 11.3. The molecule has 0 saturated carbocycles.